The second-order valence-corrected chi connectivity index (χ2v) is 6.65. The largest absolute Gasteiger partial charge is 0.334 e. The third kappa shape index (κ3) is 3.55. The molecular weight excluding hydrogens is 264 g/mol. The van der Waals surface area contributed by atoms with Crippen molar-refractivity contribution in [2.24, 2.45) is 0 Å². The lowest BCUT2D eigenvalue weighted by molar-refractivity contribution is 0.428. The number of aryl methyl sites for hydroxylation is 2. The van der Waals surface area contributed by atoms with Crippen LogP contribution in [-0.2, 0) is 16.6 Å². The smallest absolute Gasteiger partial charge is 0.259 e. The molecule has 108 valence electrons. The van der Waals surface area contributed by atoms with Crippen LogP contribution >= 0.6 is 0 Å². The van der Waals surface area contributed by atoms with E-state index in [2.05, 4.69) is 21.9 Å². The fourth-order valence-electron chi connectivity index (χ4n) is 2.31. The number of aromatic nitrogens is 2. The third-order valence-corrected chi connectivity index (χ3v) is 4.70. The van der Waals surface area contributed by atoms with Gasteiger partial charge in [0.15, 0.2) is 5.03 Å². The SMILES string of the molecule is CCCn1cc(S(=O)(=O)N[C@@H]2CCCNC2)nc1C. The van der Waals surface area contributed by atoms with E-state index in [0.29, 0.717) is 6.54 Å². The van der Waals surface area contributed by atoms with Gasteiger partial charge in [-0.25, -0.2) is 18.1 Å². The van der Waals surface area contributed by atoms with Crippen molar-refractivity contribution in [1.82, 2.24) is 19.6 Å². The van der Waals surface area contributed by atoms with E-state index in [9.17, 15) is 8.42 Å². The average molecular weight is 286 g/mol. The molecule has 1 aliphatic rings. The summed E-state index contributed by atoms with van der Waals surface area (Å²) in [5.74, 6) is 0.740. The highest BCUT2D eigenvalue weighted by molar-refractivity contribution is 7.89. The zero-order valence-corrected chi connectivity index (χ0v) is 12.3. The van der Waals surface area contributed by atoms with E-state index >= 15 is 0 Å². The lowest BCUT2D eigenvalue weighted by atomic mass is 10.1. The molecule has 2 N–H and O–H groups in total. The quantitative estimate of drug-likeness (QED) is 0.832. The zero-order chi connectivity index (χ0) is 13.9. The lowest BCUT2D eigenvalue weighted by Crippen LogP contribution is -2.45. The molecule has 0 saturated carbocycles. The minimum atomic E-state index is -3.50. The number of piperidine rings is 1. The Bertz CT molecular complexity index is 518. The van der Waals surface area contributed by atoms with E-state index in [1.807, 2.05) is 11.5 Å². The molecule has 0 amide bonds. The molecule has 2 rings (SSSR count). The number of sulfonamides is 1. The molecule has 0 spiro atoms. The predicted octanol–water partition coefficient (Wildman–Crippen LogP) is 0.632. The first-order valence-corrected chi connectivity index (χ1v) is 8.28. The highest BCUT2D eigenvalue weighted by atomic mass is 32.2. The van der Waals surface area contributed by atoms with E-state index in [-0.39, 0.29) is 11.1 Å². The molecule has 6 nitrogen and oxygen atoms in total. The van der Waals surface area contributed by atoms with Crippen LogP contribution in [0.15, 0.2) is 11.2 Å². The Labute approximate surface area is 114 Å². The first kappa shape index (κ1) is 14.5. The van der Waals surface area contributed by atoms with Gasteiger partial charge in [-0.05, 0) is 32.7 Å². The molecule has 7 heteroatoms. The van der Waals surface area contributed by atoms with Gasteiger partial charge in [-0.3, -0.25) is 0 Å². The van der Waals surface area contributed by atoms with Gasteiger partial charge in [0.1, 0.15) is 5.82 Å². The standard InChI is InChI=1S/C12H22N4O2S/c1-3-7-16-9-12(14-10(16)2)19(17,18)15-11-5-4-6-13-8-11/h9,11,13,15H,3-8H2,1-2H3/t11-/m1/s1. The van der Waals surface area contributed by atoms with Gasteiger partial charge in [0.2, 0.25) is 0 Å². The number of hydrogen-bond acceptors (Lipinski definition) is 4. The minimum absolute atomic E-state index is 0.0321. The summed E-state index contributed by atoms with van der Waals surface area (Å²) in [4.78, 5) is 4.16. The van der Waals surface area contributed by atoms with Crippen LogP contribution in [0, 0.1) is 6.92 Å². The summed E-state index contributed by atoms with van der Waals surface area (Å²) in [7, 11) is -3.50. The Balaban J connectivity index is 2.12. The first-order valence-electron chi connectivity index (χ1n) is 6.79. The number of nitrogens with one attached hydrogen (secondary N) is 2. The predicted molar refractivity (Wildman–Crippen MR) is 73.5 cm³/mol. The molecule has 0 radical (unpaired) electrons. The molecule has 0 unspecified atom stereocenters. The summed E-state index contributed by atoms with van der Waals surface area (Å²) in [5, 5.41) is 3.32. The molecular formula is C12H22N4O2S. The average Bonchev–Trinajstić information content (AvgIpc) is 2.73. The number of rotatable bonds is 5. The molecule has 0 aliphatic carbocycles. The van der Waals surface area contributed by atoms with Crippen molar-refractivity contribution in [3.63, 3.8) is 0 Å². The number of nitrogens with zero attached hydrogens (tertiary/aromatic N) is 2. The lowest BCUT2D eigenvalue weighted by Gasteiger charge is -2.23. The molecule has 0 bridgehead atoms. The van der Waals surface area contributed by atoms with Crippen molar-refractivity contribution in [3.8, 4) is 0 Å². The fraction of sp³-hybridized carbons (Fsp3) is 0.750. The first-order chi connectivity index (χ1) is 9.03. The van der Waals surface area contributed by atoms with Crippen molar-refractivity contribution in [2.75, 3.05) is 13.1 Å². The second kappa shape index (κ2) is 6.02. The van der Waals surface area contributed by atoms with E-state index in [4.69, 9.17) is 0 Å². The Hall–Kier alpha value is -0.920. The maximum Gasteiger partial charge on any atom is 0.259 e. The summed E-state index contributed by atoms with van der Waals surface area (Å²) >= 11 is 0. The summed E-state index contributed by atoms with van der Waals surface area (Å²) in [6.45, 7) is 6.33. The normalized spacial score (nSPS) is 20.6. The second-order valence-electron chi connectivity index (χ2n) is 4.98. The maximum absolute atomic E-state index is 12.3. The molecule has 1 aromatic rings. The van der Waals surface area contributed by atoms with Crippen molar-refractivity contribution in [2.45, 2.75) is 50.7 Å². The van der Waals surface area contributed by atoms with Gasteiger partial charge in [-0.2, -0.15) is 0 Å². The summed E-state index contributed by atoms with van der Waals surface area (Å²) in [5.41, 5.74) is 0. The monoisotopic (exact) mass is 286 g/mol. The topological polar surface area (TPSA) is 76.0 Å². The van der Waals surface area contributed by atoms with Gasteiger partial charge in [0, 0.05) is 25.3 Å². The zero-order valence-electron chi connectivity index (χ0n) is 11.5. The van der Waals surface area contributed by atoms with E-state index in [1.165, 1.54) is 0 Å². The van der Waals surface area contributed by atoms with Crippen LogP contribution in [0.4, 0.5) is 0 Å². The van der Waals surface area contributed by atoms with Crippen LogP contribution in [0.1, 0.15) is 32.0 Å². The highest BCUT2D eigenvalue weighted by Crippen LogP contribution is 2.12. The van der Waals surface area contributed by atoms with Crippen LogP contribution in [0.25, 0.3) is 0 Å². The maximum atomic E-state index is 12.3. The summed E-state index contributed by atoms with van der Waals surface area (Å²) < 4.78 is 29.1. The molecule has 0 aromatic carbocycles. The van der Waals surface area contributed by atoms with Crippen molar-refractivity contribution in [3.05, 3.63) is 12.0 Å². The van der Waals surface area contributed by atoms with Crippen LogP contribution in [-0.4, -0.2) is 37.1 Å². The number of hydrogen-bond donors (Lipinski definition) is 2. The van der Waals surface area contributed by atoms with Crippen LogP contribution in [0.2, 0.25) is 0 Å². The molecule has 1 aromatic heterocycles. The fourth-order valence-corrected chi connectivity index (χ4v) is 3.59. The van der Waals surface area contributed by atoms with E-state index in [1.54, 1.807) is 6.20 Å². The van der Waals surface area contributed by atoms with Crippen LogP contribution in [0.5, 0.6) is 0 Å². The molecule has 2 heterocycles. The Morgan fingerprint density at radius 1 is 1.58 bits per heavy atom. The van der Waals surface area contributed by atoms with Crippen molar-refractivity contribution >= 4 is 10.0 Å². The minimum Gasteiger partial charge on any atom is -0.334 e. The van der Waals surface area contributed by atoms with E-state index < -0.39 is 10.0 Å². The molecule has 1 fully saturated rings. The van der Waals surface area contributed by atoms with Crippen LogP contribution in [0.3, 0.4) is 0 Å². The van der Waals surface area contributed by atoms with Gasteiger partial charge >= 0.3 is 0 Å². The summed E-state index contributed by atoms with van der Waals surface area (Å²) in [6.07, 6.45) is 4.45. The van der Waals surface area contributed by atoms with Gasteiger partial charge in [-0.1, -0.05) is 6.92 Å². The van der Waals surface area contributed by atoms with Gasteiger partial charge in [0.05, 0.1) is 0 Å². The Morgan fingerprint density at radius 2 is 2.37 bits per heavy atom. The summed E-state index contributed by atoms with van der Waals surface area (Å²) in [6, 6.07) is -0.0321. The van der Waals surface area contributed by atoms with Crippen LogP contribution < -0.4 is 10.0 Å². The Kier molecular flexibility index (Phi) is 4.59. The van der Waals surface area contributed by atoms with Gasteiger partial charge in [-0.15, -0.1) is 0 Å². The van der Waals surface area contributed by atoms with Gasteiger partial charge < -0.3 is 9.88 Å². The molecule has 19 heavy (non-hydrogen) atoms. The molecule has 1 saturated heterocycles. The molecule has 1 atom stereocenters. The highest BCUT2D eigenvalue weighted by Gasteiger charge is 2.24. The molecule has 1 aliphatic heterocycles. The third-order valence-electron chi connectivity index (χ3n) is 3.31. The Morgan fingerprint density at radius 3 is 3.00 bits per heavy atom. The van der Waals surface area contributed by atoms with Crippen molar-refractivity contribution in [1.29, 1.82) is 0 Å². The van der Waals surface area contributed by atoms with Crippen molar-refractivity contribution < 1.29 is 8.42 Å². The van der Waals surface area contributed by atoms with Gasteiger partial charge in [0.25, 0.3) is 10.0 Å². The number of imidazole rings is 1. The van der Waals surface area contributed by atoms with E-state index in [0.717, 1.165) is 38.2 Å².